The van der Waals surface area contributed by atoms with Crippen LogP contribution in [0.5, 0.6) is 0 Å². The third-order valence-corrected chi connectivity index (χ3v) is 4.69. The topological polar surface area (TPSA) is 88.2 Å². The molecule has 1 aliphatic heterocycles. The summed E-state index contributed by atoms with van der Waals surface area (Å²) in [4.78, 5) is 0.215. The van der Waals surface area contributed by atoms with Crippen molar-refractivity contribution < 1.29 is 23.0 Å². The van der Waals surface area contributed by atoms with E-state index in [-0.39, 0.29) is 24.2 Å². The predicted octanol–water partition coefficient (Wildman–Crippen LogP) is 0.224. The second kappa shape index (κ2) is 7.33. The van der Waals surface area contributed by atoms with E-state index in [0.29, 0.717) is 25.2 Å². The summed E-state index contributed by atoms with van der Waals surface area (Å²) >= 11 is 0. The number of epoxide rings is 1. The normalized spacial score (nSPS) is 17.9. The van der Waals surface area contributed by atoms with E-state index in [1.807, 2.05) is 6.92 Å². The van der Waals surface area contributed by atoms with E-state index in [1.54, 1.807) is 18.2 Å². The van der Waals surface area contributed by atoms with Crippen LogP contribution in [0.1, 0.15) is 11.1 Å². The van der Waals surface area contributed by atoms with Crippen LogP contribution in [-0.2, 0) is 25.9 Å². The van der Waals surface area contributed by atoms with Gasteiger partial charge in [-0.15, -0.1) is 0 Å². The van der Waals surface area contributed by atoms with E-state index in [0.717, 1.165) is 12.2 Å². The highest BCUT2D eigenvalue weighted by Crippen LogP contribution is 2.18. The molecule has 1 heterocycles. The van der Waals surface area contributed by atoms with Crippen molar-refractivity contribution >= 4 is 10.0 Å². The molecular formula is C14H21NO5S. The largest absolute Gasteiger partial charge is 0.396 e. The molecular weight excluding hydrogens is 294 g/mol. The highest BCUT2D eigenvalue weighted by Gasteiger charge is 2.22. The maximum Gasteiger partial charge on any atom is 0.240 e. The summed E-state index contributed by atoms with van der Waals surface area (Å²) < 4.78 is 37.3. The number of aliphatic hydroxyl groups is 1. The maximum absolute atomic E-state index is 12.3. The summed E-state index contributed by atoms with van der Waals surface area (Å²) in [7, 11) is -3.59. The standard InChI is InChI=1S/C14H21NO5S/c1-11-2-3-14(12(8-11)4-6-16)21(17,18)15-5-7-19-9-13-10-20-13/h2-3,8,13,15-16H,4-7,9-10H2,1H3. The quantitative estimate of drug-likeness (QED) is 0.503. The van der Waals surface area contributed by atoms with Gasteiger partial charge < -0.3 is 14.6 Å². The van der Waals surface area contributed by atoms with Crippen LogP contribution in [0, 0.1) is 6.92 Å². The first kappa shape index (κ1) is 16.4. The zero-order valence-electron chi connectivity index (χ0n) is 12.0. The van der Waals surface area contributed by atoms with E-state index in [9.17, 15) is 8.42 Å². The van der Waals surface area contributed by atoms with Gasteiger partial charge >= 0.3 is 0 Å². The minimum atomic E-state index is -3.59. The van der Waals surface area contributed by atoms with Crippen LogP contribution < -0.4 is 4.72 Å². The van der Waals surface area contributed by atoms with Gasteiger partial charge in [0.15, 0.2) is 0 Å². The Bertz CT molecular complexity index is 569. The third kappa shape index (κ3) is 5.05. The minimum Gasteiger partial charge on any atom is -0.396 e. The summed E-state index contributed by atoms with van der Waals surface area (Å²) in [5, 5.41) is 9.06. The highest BCUT2D eigenvalue weighted by molar-refractivity contribution is 7.89. The molecule has 0 amide bonds. The predicted molar refractivity (Wildman–Crippen MR) is 77.7 cm³/mol. The Balaban J connectivity index is 1.93. The second-order valence-electron chi connectivity index (χ2n) is 5.01. The van der Waals surface area contributed by atoms with Crippen LogP contribution in [0.15, 0.2) is 23.1 Å². The number of aliphatic hydroxyl groups excluding tert-OH is 1. The number of ether oxygens (including phenoxy) is 2. The van der Waals surface area contributed by atoms with Gasteiger partial charge in [-0.3, -0.25) is 0 Å². The monoisotopic (exact) mass is 315 g/mol. The van der Waals surface area contributed by atoms with Gasteiger partial charge in [0.05, 0.1) is 24.7 Å². The fourth-order valence-electron chi connectivity index (χ4n) is 1.99. The SMILES string of the molecule is Cc1ccc(S(=O)(=O)NCCOCC2CO2)c(CCO)c1. The lowest BCUT2D eigenvalue weighted by Gasteiger charge is -2.12. The fraction of sp³-hybridized carbons (Fsp3) is 0.571. The number of sulfonamides is 1. The van der Waals surface area contributed by atoms with Crippen molar-refractivity contribution in [2.45, 2.75) is 24.3 Å². The molecule has 0 aliphatic carbocycles. The lowest BCUT2D eigenvalue weighted by Crippen LogP contribution is -2.28. The Morgan fingerprint density at radius 2 is 2.24 bits per heavy atom. The second-order valence-corrected chi connectivity index (χ2v) is 6.75. The molecule has 2 rings (SSSR count). The molecule has 0 aromatic heterocycles. The fourth-order valence-corrected chi connectivity index (χ4v) is 3.25. The molecule has 118 valence electrons. The van der Waals surface area contributed by atoms with Gasteiger partial charge in [0.1, 0.15) is 6.10 Å². The Morgan fingerprint density at radius 3 is 2.90 bits per heavy atom. The van der Waals surface area contributed by atoms with Crippen molar-refractivity contribution in [3.8, 4) is 0 Å². The van der Waals surface area contributed by atoms with Crippen LogP contribution in [0.25, 0.3) is 0 Å². The van der Waals surface area contributed by atoms with E-state index in [4.69, 9.17) is 14.6 Å². The summed E-state index contributed by atoms with van der Waals surface area (Å²) in [6.45, 7) is 3.54. The van der Waals surface area contributed by atoms with Crippen LogP contribution in [-0.4, -0.2) is 52.6 Å². The molecule has 1 aliphatic rings. The molecule has 21 heavy (non-hydrogen) atoms. The smallest absolute Gasteiger partial charge is 0.240 e. The number of hydrogen-bond acceptors (Lipinski definition) is 5. The molecule has 6 nitrogen and oxygen atoms in total. The first-order valence-electron chi connectivity index (χ1n) is 6.92. The molecule has 1 unspecified atom stereocenters. The zero-order chi connectivity index (χ0) is 15.3. The van der Waals surface area contributed by atoms with Gasteiger partial charge in [-0.05, 0) is 25.0 Å². The van der Waals surface area contributed by atoms with Crippen molar-refractivity contribution in [2.24, 2.45) is 0 Å². The van der Waals surface area contributed by atoms with Gasteiger partial charge in [0, 0.05) is 13.2 Å². The van der Waals surface area contributed by atoms with Crippen molar-refractivity contribution in [1.82, 2.24) is 4.72 Å². The van der Waals surface area contributed by atoms with Gasteiger partial charge in [-0.1, -0.05) is 17.7 Å². The van der Waals surface area contributed by atoms with Crippen LogP contribution in [0.3, 0.4) is 0 Å². The van der Waals surface area contributed by atoms with E-state index in [1.165, 1.54) is 0 Å². The lowest BCUT2D eigenvalue weighted by atomic mass is 10.1. The van der Waals surface area contributed by atoms with Crippen molar-refractivity contribution in [3.63, 3.8) is 0 Å². The first-order chi connectivity index (χ1) is 10.0. The minimum absolute atomic E-state index is 0.0868. The highest BCUT2D eigenvalue weighted by atomic mass is 32.2. The summed E-state index contributed by atoms with van der Waals surface area (Å²) in [5.41, 5.74) is 1.59. The summed E-state index contributed by atoms with van der Waals surface area (Å²) in [6, 6.07) is 5.10. The summed E-state index contributed by atoms with van der Waals surface area (Å²) in [5.74, 6) is 0. The lowest BCUT2D eigenvalue weighted by molar-refractivity contribution is 0.121. The van der Waals surface area contributed by atoms with Crippen LogP contribution in [0.4, 0.5) is 0 Å². The third-order valence-electron chi connectivity index (χ3n) is 3.13. The number of rotatable bonds is 9. The average Bonchev–Trinajstić information content (AvgIpc) is 3.22. The van der Waals surface area contributed by atoms with E-state index in [2.05, 4.69) is 4.72 Å². The van der Waals surface area contributed by atoms with Gasteiger partial charge in [-0.2, -0.15) is 0 Å². The molecule has 1 aromatic rings. The molecule has 2 N–H and O–H groups in total. The van der Waals surface area contributed by atoms with Crippen molar-refractivity contribution in [3.05, 3.63) is 29.3 Å². The van der Waals surface area contributed by atoms with Crippen molar-refractivity contribution in [1.29, 1.82) is 0 Å². The maximum atomic E-state index is 12.3. The van der Waals surface area contributed by atoms with E-state index >= 15 is 0 Å². The van der Waals surface area contributed by atoms with Crippen molar-refractivity contribution in [2.75, 3.05) is 33.0 Å². The van der Waals surface area contributed by atoms with Crippen LogP contribution in [0.2, 0.25) is 0 Å². The zero-order valence-corrected chi connectivity index (χ0v) is 12.9. The molecule has 1 aromatic carbocycles. The molecule has 0 spiro atoms. The molecule has 0 saturated carbocycles. The molecule has 7 heteroatoms. The summed E-state index contributed by atoms with van der Waals surface area (Å²) in [6.07, 6.45) is 0.489. The molecule has 0 radical (unpaired) electrons. The van der Waals surface area contributed by atoms with Crippen LogP contribution >= 0.6 is 0 Å². The number of benzene rings is 1. The Morgan fingerprint density at radius 1 is 1.48 bits per heavy atom. The molecule has 1 atom stereocenters. The van der Waals surface area contributed by atoms with Gasteiger partial charge in [0.2, 0.25) is 10.0 Å². The Hall–Kier alpha value is -0.990. The number of hydrogen-bond donors (Lipinski definition) is 2. The number of aryl methyl sites for hydroxylation is 1. The van der Waals surface area contributed by atoms with Gasteiger partial charge in [0.25, 0.3) is 0 Å². The van der Waals surface area contributed by atoms with Gasteiger partial charge in [-0.25, -0.2) is 13.1 Å². The molecule has 1 fully saturated rings. The molecule has 0 bridgehead atoms. The van der Waals surface area contributed by atoms with E-state index < -0.39 is 10.0 Å². The number of nitrogens with one attached hydrogen (secondary N) is 1. The average molecular weight is 315 g/mol. The Labute approximate surface area is 125 Å². The Kier molecular flexibility index (Phi) is 5.72. The first-order valence-corrected chi connectivity index (χ1v) is 8.40. The molecule has 1 saturated heterocycles.